The third-order valence-electron chi connectivity index (χ3n) is 3.53. The fourth-order valence-electron chi connectivity index (χ4n) is 2.31. The molecule has 1 aromatic heterocycles. The van der Waals surface area contributed by atoms with Crippen LogP contribution in [0.5, 0.6) is 11.5 Å². The van der Waals surface area contributed by atoms with E-state index in [2.05, 4.69) is 10.2 Å². The van der Waals surface area contributed by atoms with Gasteiger partial charge < -0.3 is 19.4 Å². The first-order valence-electron chi connectivity index (χ1n) is 7.49. The van der Waals surface area contributed by atoms with E-state index in [-0.39, 0.29) is 21.8 Å². The second-order valence-electron chi connectivity index (χ2n) is 5.30. The number of methoxy groups -OCH3 is 1. The maximum Gasteiger partial charge on any atom is 0.201 e. The third-order valence-corrected chi connectivity index (χ3v) is 4.08. The van der Waals surface area contributed by atoms with E-state index in [1.165, 1.54) is 0 Å². The summed E-state index contributed by atoms with van der Waals surface area (Å²) in [7, 11) is 1.57. The molecule has 2 heterocycles. The molecule has 1 aliphatic rings. The molecule has 25 heavy (non-hydrogen) atoms. The van der Waals surface area contributed by atoms with Crippen LogP contribution in [-0.2, 0) is 4.74 Å². The normalized spacial score (nSPS) is 17.2. The minimum absolute atomic E-state index is 0.0217. The number of hydrogen-bond acceptors (Lipinski definition) is 6. The molecule has 0 saturated carbocycles. The Labute approximate surface area is 154 Å². The number of hydrogen-bond donors (Lipinski definition) is 0. The lowest BCUT2D eigenvalue weighted by molar-refractivity contribution is -0.605. The minimum atomic E-state index is -0.0217. The molecule has 0 aliphatic carbocycles. The number of nitrogens with zero attached hydrogens (tertiary/aromatic N) is 3. The topological polar surface area (TPSA) is 79.4 Å². The summed E-state index contributed by atoms with van der Waals surface area (Å²) in [5.41, 5.74) is 0.749. The van der Waals surface area contributed by atoms with Crippen molar-refractivity contribution in [2.45, 2.75) is 12.5 Å². The van der Waals surface area contributed by atoms with E-state index in [9.17, 15) is 5.21 Å². The van der Waals surface area contributed by atoms with Crippen LogP contribution in [0.3, 0.4) is 0 Å². The van der Waals surface area contributed by atoms with Crippen molar-refractivity contribution in [2.24, 2.45) is 10.2 Å². The molecule has 1 atom stereocenters. The summed E-state index contributed by atoms with van der Waals surface area (Å²) in [6.07, 6.45) is 3.11. The van der Waals surface area contributed by atoms with Crippen molar-refractivity contribution >= 4 is 34.6 Å². The van der Waals surface area contributed by atoms with E-state index >= 15 is 0 Å². The van der Waals surface area contributed by atoms with E-state index in [1.807, 2.05) is 0 Å². The summed E-state index contributed by atoms with van der Waals surface area (Å²) in [5.74, 6) is 1.14. The Hall–Kier alpha value is -2.09. The maximum atomic E-state index is 11.3. The molecule has 0 bridgehead atoms. The quantitative estimate of drug-likeness (QED) is 0.439. The van der Waals surface area contributed by atoms with Crippen molar-refractivity contribution in [2.75, 3.05) is 20.3 Å². The highest BCUT2D eigenvalue weighted by molar-refractivity contribution is 6.38. The number of aromatic nitrogens is 1. The van der Waals surface area contributed by atoms with Crippen molar-refractivity contribution in [3.05, 3.63) is 45.8 Å². The summed E-state index contributed by atoms with van der Waals surface area (Å²) >= 11 is 12.0. The third kappa shape index (κ3) is 4.31. The van der Waals surface area contributed by atoms with E-state index in [0.29, 0.717) is 35.1 Å². The van der Waals surface area contributed by atoms with Gasteiger partial charge in [-0.25, -0.2) is 0 Å². The zero-order chi connectivity index (χ0) is 17.8. The lowest BCUT2D eigenvalue weighted by Crippen LogP contribution is -2.24. The van der Waals surface area contributed by atoms with E-state index in [1.54, 1.807) is 25.3 Å². The Morgan fingerprint density at radius 2 is 1.96 bits per heavy atom. The van der Waals surface area contributed by atoms with Crippen LogP contribution in [-0.4, -0.2) is 26.4 Å². The van der Waals surface area contributed by atoms with Gasteiger partial charge in [-0.3, -0.25) is 0 Å². The number of ether oxygens (including phenoxy) is 3. The van der Waals surface area contributed by atoms with Gasteiger partial charge in [0.2, 0.25) is 12.4 Å². The van der Waals surface area contributed by atoms with Crippen molar-refractivity contribution < 1.29 is 18.9 Å². The van der Waals surface area contributed by atoms with Crippen LogP contribution < -0.4 is 14.2 Å². The van der Waals surface area contributed by atoms with Crippen LogP contribution in [0.15, 0.2) is 40.8 Å². The zero-order valence-electron chi connectivity index (χ0n) is 13.3. The summed E-state index contributed by atoms with van der Waals surface area (Å²) < 4.78 is 17.0. The molecule has 0 radical (unpaired) electrons. The number of pyridine rings is 1. The highest BCUT2D eigenvalue weighted by Gasteiger charge is 2.19. The van der Waals surface area contributed by atoms with Gasteiger partial charge in [0, 0.05) is 12.5 Å². The second-order valence-corrected chi connectivity index (χ2v) is 6.12. The van der Waals surface area contributed by atoms with Crippen molar-refractivity contribution in [3.63, 3.8) is 0 Å². The predicted molar refractivity (Wildman–Crippen MR) is 92.4 cm³/mol. The number of azo groups is 1. The second kappa shape index (κ2) is 7.86. The average molecular weight is 384 g/mol. The predicted octanol–water partition coefficient (Wildman–Crippen LogP) is 4.22. The zero-order valence-corrected chi connectivity index (χ0v) is 14.8. The Balaban J connectivity index is 1.85. The molecule has 3 rings (SSSR count). The molecule has 0 N–H and O–H groups in total. The smallest absolute Gasteiger partial charge is 0.201 e. The molecule has 1 saturated heterocycles. The van der Waals surface area contributed by atoms with Gasteiger partial charge in [0.25, 0.3) is 0 Å². The maximum absolute atomic E-state index is 11.3. The molecule has 1 unspecified atom stereocenters. The molecule has 2 aromatic rings. The molecule has 9 heteroatoms. The Morgan fingerprint density at radius 3 is 2.60 bits per heavy atom. The monoisotopic (exact) mass is 383 g/mol. The van der Waals surface area contributed by atoms with Crippen LogP contribution in [0, 0.1) is 5.21 Å². The fraction of sp³-hybridized carbons (Fsp3) is 0.312. The first-order valence-corrected chi connectivity index (χ1v) is 8.24. The van der Waals surface area contributed by atoms with Gasteiger partial charge in [0.15, 0.2) is 11.5 Å². The van der Waals surface area contributed by atoms with Gasteiger partial charge >= 0.3 is 0 Å². The van der Waals surface area contributed by atoms with Gasteiger partial charge in [-0.05, 0) is 12.1 Å². The van der Waals surface area contributed by atoms with Crippen LogP contribution >= 0.6 is 23.2 Å². The Bertz CT molecular complexity index is 772. The van der Waals surface area contributed by atoms with Crippen LogP contribution in [0.1, 0.15) is 6.42 Å². The van der Waals surface area contributed by atoms with Crippen LogP contribution in [0.2, 0.25) is 10.0 Å². The first kappa shape index (κ1) is 17.7. The van der Waals surface area contributed by atoms with E-state index < -0.39 is 0 Å². The summed E-state index contributed by atoms with van der Waals surface area (Å²) in [6.45, 7) is 1.22. The van der Waals surface area contributed by atoms with Gasteiger partial charge in [0.05, 0.1) is 26.0 Å². The van der Waals surface area contributed by atoms with Crippen molar-refractivity contribution in [1.29, 1.82) is 0 Å². The number of rotatable bonds is 5. The van der Waals surface area contributed by atoms with Crippen LogP contribution in [0.25, 0.3) is 0 Å². The molecule has 132 valence electrons. The first-order chi connectivity index (χ1) is 12.1. The molecule has 1 aromatic carbocycles. The van der Waals surface area contributed by atoms with Crippen molar-refractivity contribution in [1.82, 2.24) is 0 Å². The van der Waals surface area contributed by atoms with E-state index in [4.69, 9.17) is 37.4 Å². The molecule has 0 spiro atoms. The van der Waals surface area contributed by atoms with Crippen molar-refractivity contribution in [3.8, 4) is 11.5 Å². The molecular formula is C16H15Cl2N3O4. The average Bonchev–Trinajstić information content (AvgIpc) is 3.07. The van der Waals surface area contributed by atoms with Gasteiger partial charge in [-0.15, -0.1) is 5.11 Å². The lowest BCUT2D eigenvalue weighted by Gasteiger charge is -2.15. The lowest BCUT2D eigenvalue weighted by atomic mass is 10.2. The molecule has 7 nitrogen and oxygen atoms in total. The summed E-state index contributed by atoms with van der Waals surface area (Å²) in [6, 6.07) is 5.16. The SMILES string of the molecule is COc1ccc(N=Nc2c(Cl)c[n+]([O-])cc2Cl)cc1OC1CCOC1. The number of benzene rings is 1. The molecular weight excluding hydrogens is 369 g/mol. The van der Waals surface area contributed by atoms with E-state index in [0.717, 1.165) is 18.8 Å². The molecule has 0 amide bonds. The molecule has 1 fully saturated rings. The molecule has 1 aliphatic heterocycles. The Kier molecular flexibility index (Phi) is 5.57. The fourth-order valence-corrected chi connectivity index (χ4v) is 2.83. The largest absolute Gasteiger partial charge is 0.619 e. The number of halogens is 2. The summed E-state index contributed by atoms with van der Waals surface area (Å²) in [4.78, 5) is 0. The highest BCUT2D eigenvalue weighted by atomic mass is 35.5. The standard InChI is InChI=1S/C16H15Cl2N3O4/c1-23-14-3-2-10(6-15(14)25-11-4-5-24-9-11)19-20-16-12(17)7-21(22)8-13(16)18/h2-3,6-8,11H,4-5,9H2,1H3. The van der Waals surface area contributed by atoms with Gasteiger partial charge in [-0.1, -0.05) is 23.2 Å². The Morgan fingerprint density at radius 1 is 1.20 bits per heavy atom. The summed E-state index contributed by atoms with van der Waals surface area (Å²) in [5, 5.41) is 19.6. The van der Waals surface area contributed by atoms with Gasteiger partial charge in [-0.2, -0.15) is 9.84 Å². The minimum Gasteiger partial charge on any atom is -0.619 e. The highest BCUT2D eigenvalue weighted by Crippen LogP contribution is 2.36. The van der Waals surface area contributed by atoms with Crippen LogP contribution in [0.4, 0.5) is 11.4 Å². The van der Waals surface area contributed by atoms with Gasteiger partial charge in [0.1, 0.15) is 21.8 Å².